The van der Waals surface area contributed by atoms with E-state index in [0.717, 1.165) is 37.3 Å². The molecule has 150 valence electrons. The number of rotatable bonds is 5. The number of imidazole rings is 1. The van der Waals surface area contributed by atoms with Gasteiger partial charge in [-0.25, -0.2) is 9.50 Å². The molecule has 2 aliphatic heterocycles. The lowest BCUT2D eigenvalue weighted by Gasteiger charge is -2.21. The van der Waals surface area contributed by atoms with Crippen LogP contribution in [0.25, 0.3) is 5.52 Å². The van der Waals surface area contributed by atoms with Gasteiger partial charge in [0.1, 0.15) is 11.6 Å². The van der Waals surface area contributed by atoms with Crippen molar-refractivity contribution in [2.75, 3.05) is 32.8 Å². The maximum Gasteiger partial charge on any atom is 0.276 e. The Morgan fingerprint density at radius 1 is 1.43 bits per heavy atom. The van der Waals surface area contributed by atoms with Crippen LogP contribution in [0, 0.1) is 11.3 Å². The largest absolute Gasteiger partial charge is 0.404 e. The van der Waals surface area contributed by atoms with Crippen molar-refractivity contribution in [1.29, 1.82) is 5.41 Å². The summed E-state index contributed by atoms with van der Waals surface area (Å²) in [5, 5.41) is 12.2. The van der Waals surface area contributed by atoms with Crippen LogP contribution in [-0.2, 0) is 4.74 Å². The van der Waals surface area contributed by atoms with Gasteiger partial charge in [0.15, 0.2) is 5.52 Å². The highest BCUT2D eigenvalue weighted by atomic mass is 16.5. The minimum atomic E-state index is -0.150. The fourth-order valence-corrected chi connectivity index (χ4v) is 4.29. The van der Waals surface area contributed by atoms with Gasteiger partial charge < -0.3 is 20.9 Å². The average molecular weight is 385 g/mol. The molecule has 0 aromatic carbocycles. The molecule has 0 radical (unpaired) electrons. The van der Waals surface area contributed by atoms with E-state index in [4.69, 9.17) is 21.0 Å². The molecule has 4 rings (SSSR count). The van der Waals surface area contributed by atoms with Crippen molar-refractivity contribution in [2.45, 2.75) is 31.6 Å². The van der Waals surface area contributed by atoms with E-state index in [0.29, 0.717) is 37.0 Å². The van der Waals surface area contributed by atoms with E-state index >= 15 is 0 Å². The van der Waals surface area contributed by atoms with Crippen LogP contribution in [0.3, 0.4) is 0 Å². The number of fused-ring (bicyclic) bond motifs is 1. The quantitative estimate of drug-likeness (QED) is 0.655. The maximum absolute atomic E-state index is 12.7. The summed E-state index contributed by atoms with van der Waals surface area (Å²) in [6.45, 7) is 5.86. The van der Waals surface area contributed by atoms with Crippen LogP contribution in [0.15, 0.2) is 22.8 Å². The van der Waals surface area contributed by atoms with Gasteiger partial charge in [-0.15, -0.1) is 0 Å². The van der Waals surface area contributed by atoms with E-state index in [9.17, 15) is 4.79 Å². The number of nitrogens with two attached hydrogens (primary N) is 1. The number of nitrogens with zero attached hydrogens (tertiary/aromatic N) is 4. The Balaban J connectivity index is 1.63. The monoisotopic (exact) mass is 385 g/mol. The number of ether oxygens (including phenoxy) is 1. The number of nitrogens with one attached hydrogen (secondary N) is 2. The second kappa shape index (κ2) is 7.84. The number of aromatic nitrogens is 4. The lowest BCUT2D eigenvalue weighted by Crippen LogP contribution is -2.25. The third kappa shape index (κ3) is 3.47. The summed E-state index contributed by atoms with van der Waals surface area (Å²) in [6, 6.07) is 0. The van der Waals surface area contributed by atoms with E-state index in [1.165, 1.54) is 12.4 Å². The zero-order chi connectivity index (χ0) is 19.7. The SMILES string of the molecule is CC1CN(C/C(C=N)=C/N)CC1c1nn2c(C3CCOCC3)ncc2c(=O)[nH]1. The molecule has 2 aromatic heterocycles. The molecular weight excluding hydrogens is 358 g/mol. The van der Waals surface area contributed by atoms with Gasteiger partial charge in [-0.05, 0) is 30.5 Å². The molecule has 0 saturated carbocycles. The lowest BCUT2D eigenvalue weighted by molar-refractivity contribution is 0.0832. The smallest absolute Gasteiger partial charge is 0.276 e. The Bertz CT molecular complexity index is 941. The second-order valence-electron chi connectivity index (χ2n) is 7.80. The molecule has 0 spiro atoms. The first-order valence-electron chi connectivity index (χ1n) is 9.80. The number of hydrogen-bond acceptors (Lipinski definition) is 7. The van der Waals surface area contributed by atoms with Crippen LogP contribution in [0.4, 0.5) is 0 Å². The standard InChI is InChI=1S/C19H27N7O2/c1-12-9-25(10-13(6-20)7-21)11-15(12)17-23-19(27)16-8-22-18(26(16)24-17)14-2-4-28-5-3-14/h6-8,12,14-15,20H,2-5,9-11,21H2,1H3,(H,23,24,27)/b13-7+,20-6?. The van der Waals surface area contributed by atoms with Crippen LogP contribution in [-0.4, -0.2) is 63.5 Å². The third-order valence-corrected chi connectivity index (χ3v) is 5.88. The summed E-state index contributed by atoms with van der Waals surface area (Å²) < 4.78 is 7.19. The van der Waals surface area contributed by atoms with Crippen LogP contribution in [0.5, 0.6) is 0 Å². The van der Waals surface area contributed by atoms with Gasteiger partial charge in [0.2, 0.25) is 0 Å². The molecule has 4 heterocycles. The topological polar surface area (TPSA) is 125 Å². The highest BCUT2D eigenvalue weighted by Crippen LogP contribution is 2.31. The molecule has 0 aliphatic carbocycles. The Morgan fingerprint density at radius 2 is 2.21 bits per heavy atom. The third-order valence-electron chi connectivity index (χ3n) is 5.88. The summed E-state index contributed by atoms with van der Waals surface area (Å²) >= 11 is 0. The zero-order valence-corrected chi connectivity index (χ0v) is 16.1. The zero-order valence-electron chi connectivity index (χ0n) is 16.1. The van der Waals surface area contributed by atoms with Crippen LogP contribution in [0.2, 0.25) is 0 Å². The van der Waals surface area contributed by atoms with Crippen molar-refractivity contribution in [2.24, 2.45) is 11.7 Å². The predicted octanol–water partition coefficient (Wildman–Crippen LogP) is 0.839. The molecule has 9 nitrogen and oxygen atoms in total. The Morgan fingerprint density at radius 3 is 2.93 bits per heavy atom. The van der Waals surface area contributed by atoms with Gasteiger partial charge in [0.05, 0.1) is 6.20 Å². The first-order valence-corrected chi connectivity index (χ1v) is 9.80. The molecule has 2 unspecified atom stereocenters. The van der Waals surface area contributed by atoms with Gasteiger partial charge in [-0.2, -0.15) is 5.10 Å². The molecular formula is C19H27N7O2. The van der Waals surface area contributed by atoms with Crippen molar-refractivity contribution in [3.8, 4) is 0 Å². The van der Waals surface area contributed by atoms with E-state index in [1.54, 1.807) is 10.7 Å². The molecule has 9 heteroatoms. The van der Waals surface area contributed by atoms with E-state index in [1.807, 2.05) is 0 Å². The van der Waals surface area contributed by atoms with E-state index in [-0.39, 0.29) is 17.4 Å². The highest BCUT2D eigenvalue weighted by Gasteiger charge is 2.33. The van der Waals surface area contributed by atoms with Gasteiger partial charge in [0, 0.05) is 50.9 Å². The molecule has 0 bridgehead atoms. The molecule has 4 N–H and O–H groups in total. The average Bonchev–Trinajstić information content (AvgIpc) is 3.30. The molecule has 2 saturated heterocycles. The molecule has 2 aliphatic rings. The molecule has 0 amide bonds. The normalized spacial score (nSPS) is 24.8. The minimum Gasteiger partial charge on any atom is -0.404 e. The Hall–Kier alpha value is -2.52. The Kier molecular flexibility index (Phi) is 5.27. The summed E-state index contributed by atoms with van der Waals surface area (Å²) in [5.41, 5.74) is 6.70. The second-order valence-corrected chi connectivity index (χ2v) is 7.80. The van der Waals surface area contributed by atoms with Crippen LogP contribution in [0.1, 0.15) is 43.3 Å². The Labute approximate surface area is 163 Å². The van der Waals surface area contributed by atoms with Gasteiger partial charge in [-0.1, -0.05) is 6.92 Å². The number of H-pyrrole nitrogens is 1. The minimum absolute atomic E-state index is 0.117. The van der Waals surface area contributed by atoms with Gasteiger partial charge >= 0.3 is 0 Å². The van der Waals surface area contributed by atoms with Gasteiger partial charge in [0.25, 0.3) is 5.56 Å². The number of hydrogen-bond donors (Lipinski definition) is 3. The van der Waals surface area contributed by atoms with Crippen LogP contribution < -0.4 is 11.3 Å². The predicted molar refractivity (Wildman–Crippen MR) is 106 cm³/mol. The summed E-state index contributed by atoms with van der Waals surface area (Å²) in [6.07, 6.45) is 6.18. The molecule has 2 fully saturated rings. The summed E-state index contributed by atoms with van der Waals surface area (Å²) in [4.78, 5) is 22.4. The van der Waals surface area contributed by atoms with Crippen LogP contribution >= 0.6 is 0 Å². The van der Waals surface area contributed by atoms with E-state index < -0.39 is 0 Å². The molecule has 2 aromatic rings. The molecule has 2 atom stereocenters. The maximum atomic E-state index is 12.7. The van der Waals surface area contributed by atoms with Crippen molar-refractivity contribution >= 4 is 11.7 Å². The summed E-state index contributed by atoms with van der Waals surface area (Å²) in [5.74, 6) is 2.27. The van der Waals surface area contributed by atoms with Gasteiger partial charge in [-0.3, -0.25) is 9.69 Å². The fraction of sp³-hybridized carbons (Fsp3) is 0.579. The highest BCUT2D eigenvalue weighted by molar-refractivity contribution is 5.75. The summed E-state index contributed by atoms with van der Waals surface area (Å²) in [7, 11) is 0. The number of aromatic amines is 1. The fourth-order valence-electron chi connectivity index (χ4n) is 4.29. The van der Waals surface area contributed by atoms with Crippen molar-refractivity contribution in [3.05, 3.63) is 40.0 Å². The first kappa shape index (κ1) is 18.8. The first-order chi connectivity index (χ1) is 13.6. The lowest BCUT2D eigenvalue weighted by atomic mass is 9.97. The van der Waals surface area contributed by atoms with E-state index in [2.05, 4.69) is 21.8 Å². The molecule has 28 heavy (non-hydrogen) atoms. The van der Waals surface area contributed by atoms with Crippen molar-refractivity contribution in [1.82, 2.24) is 24.5 Å². The van der Waals surface area contributed by atoms with Crippen molar-refractivity contribution < 1.29 is 4.74 Å². The van der Waals surface area contributed by atoms with Crippen molar-refractivity contribution in [3.63, 3.8) is 0 Å². The number of likely N-dealkylation sites (tertiary alicyclic amines) is 1.